The topological polar surface area (TPSA) is 148 Å². The lowest BCUT2D eigenvalue weighted by Gasteiger charge is -2.45. The predicted octanol–water partition coefficient (Wildman–Crippen LogP) is 3.19. The standard InChI is InChI=1S/C19H22NO4S2.C7H6O3.BrH.H2O/c1-20(2)12-9-11(10-13(20)17-16(12)24-17)23-18(21)19(22,14-5-3-7-25-14)15-6-4-8-26-15;8-6-4-2-1-3-5(6)7(9)10;;/h3-8,11-13,16-17,22H,9-10H2,1-2H3;1-4,8H,(H,9,10);1H;1H2/q+1;;;/t11?,12-,13+,16-,17+;;;. The van der Waals surface area contributed by atoms with E-state index in [-0.39, 0.29) is 39.9 Å². The molecule has 12 heteroatoms. The predicted molar refractivity (Wildman–Crippen MR) is 148 cm³/mol. The van der Waals surface area contributed by atoms with Crippen LogP contribution in [0.2, 0.25) is 0 Å². The summed E-state index contributed by atoms with van der Waals surface area (Å²) in [6.07, 6.45) is 2.05. The number of aliphatic hydroxyl groups is 1. The number of likely N-dealkylation sites (N-methyl/N-ethyl adjacent to an activating group) is 1. The van der Waals surface area contributed by atoms with Gasteiger partial charge in [-0.2, -0.15) is 0 Å². The number of aromatic hydroxyl groups is 1. The highest BCUT2D eigenvalue weighted by Gasteiger charge is 2.71. The molecule has 0 saturated carbocycles. The summed E-state index contributed by atoms with van der Waals surface area (Å²) < 4.78 is 12.6. The second-order valence-electron chi connectivity index (χ2n) is 9.82. The van der Waals surface area contributed by atoms with Crippen LogP contribution in [0, 0.1) is 0 Å². The molecule has 5 N–H and O–H groups in total. The van der Waals surface area contributed by atoms with Gasteiger partial charge in [0.2, 0.25) is 5.60 Å². The number of carbonyl (C=O) groups is 2. The number of para-hydroxylation sites is 1. The maximum absolute atomic E-state index is 13.1. The van der Waals surface area contributed by atoms with Gasteiger partial charge in [0, 0.05) is 12.8 Å². The van der Waals surface area contributed by atoms with Crippen molar-refractivity contribution in [3.05, 3.63) is 74.6 Å². The van der Waals surface area contributed by atoms with Gasteiger partial charge in [-0.25, -0.2) is 9.59 Å². The number of hydrogen-bond acceptors (Lipinski definition) is 8. The van der Waals surface area contributed by atoms with Crippen LogP contribution in [-0.2, 0) is 19.9 Å². The minimum absolute atomic E-state index is 0. The van der Waals surface area contributed by atoms with Crippen LogP contribution in [0.25, 0.3) is 0 Å². The van der Waals surface area contributed by atoms with E-state index in [9.17, 15) is 14.7 Å². The lowest BCUT2D eigenvalue weighted by molar-refractivity contribution is -0.938. The van der Waals surface area contributed by atoms with Crippen molar-refractivity contribution in [1.82, 2.24) is 0 Å². The molecule has 2 bridgehead atoms. The summed E-state index contributed by atoms with van der Waals surface area (Å²) in [6.45, 7) is 0. The number of thiophene rings is 2. The summed E-state index contributed by atoms with van der Waals surface area (Å²) in [6, 6.07) is 13.8. The number of morpholine rings is 1. The zero-order valence-corrected chi connectivity index (χ0v) is 24.1. The molecule has 6 rings (SSSR count). The fraction of sp³-hybridized carbons (Fsp3) is 0.385. The van der Waals surface area contributed by atoms with Gasteiger partial charge in [-0.05, 0) is 35.0 Å². The first-order chi connectivity index (χ1) is 17.1. The normalized spacial score (nSPS) is 25.9. The first kappa shape index (κ1) is 30.2. The second kappa shape index (κ2) is 11.4. The second-order valence-corrected chi connectivity index (χ2v) is 11.7. The Labute approximate surface area is 238 Å². The van der Waals surface area contributed by atoms with Gasteiger partial charge in [0.25, 0.3) is 0 Å². The molecule has 0 radical (unpaired) electrons. The lowest BCUT2D eigenvalue weighted by Crippen LogP contribution is -2.60. The summed E-state index contributed by atoms with van der Waals surface area (Å²) >= 11 is 2.74. The highest BCUT2D eigenvalue weighted by atomic mass is 79.9. The van der Waals surface area contributed by atoms with Gasteiger partial charge in [0.15, 0.2) is 0 Å². The number of carboxylic acids is 1. The third-order valence-corrected chi connectivity index (χ3v) is 9.45. The molecular formula is C26H31BrNO8S2+. The maximum Gasteiger partial charge on any atom is 0.349 e. The minimum Gasteiger partial charge on any atom is -0.507 e. The number of carbonyl (C=O) groups excluding carboxylic acids is 1. The zero-order valence-electron chi connectivity index (χ0n) is 20.7. The van der Waals surface area contributed by atoms with Crippen molar-refractivity contribution in [2.45, 2.75) is 48.8 Å². The van der Waals surface area contributed by atoms with Gasteiger partial charge in [-0.1, -0.05) is 24.3 Å². The fourth-order valence-electron chi connectivity index (χ4n) is 5.48. The van der Waals surface area contributed by atoms with Gasteiger partial charge in [-0.15, -0.1) is 39.7 Å². The number of aromatic carboxylic acids is 1. The van der Waals surface area contributed by atoms with Crippen molar-refractivity contribution in [2.24, 2.45) is 0 Å². The Bertz CT molecular complexity index is 1200. The highest BCUT2D eigenvalue weighted by Crippen LogP contribution is 2.52. The molecule has 9 nitrogen and oxygen atoms in total. The van der Waals surface area contributed by atoms with Crippen molar-refractivity contribution >= 4 is 51.6 Å². The molecule has 3 fully saturated rings. The molecule has 38 heavy (non-hydrogen) atoms. The maximum atomic E-state index is 13.1. The number of nitrogens with zero attached hydrogens (tertiary/aromatic N) is 1. The van der Waals surface area contributed by atoms with E-state index in [2.05, 4.69) is 14.1 Å². The largest absolute Gasteiger partial charge is 0.507 e. The first-order valence-corrected chi connectivity index (χ1v) is 13.4. The van der Waals surface area contributed by atoms with E-state index in [1.807, 2.05) is 22.9 Å². The zero-order chi connectivity index (χ0) is 25.7. The molecule has 2 aromatic heterocycles. The van der Waals surface area contributed by atoms with Crippen molar-refractivity contribution in [3.63, 3.8) is 0 Å². The van der Waals surface area contributed by atoms with E-state index in [0.717, 1.165) is 17.3 Å². The molecular weight excluding hydrogens is 598 g/mol. The number of phenols is 1. The quantitative estimate of drug-likeness (QED) is 0.223. The van der Waals surface area contributed by atoms with Crippen molar-refractivity contribution in [3.8, 4) is 5.75 Å². The molecule has 5 atom stereocenters. The Morgan fingerprint density at radius 3 is 1.92 bits per heavy atom. The third-order valence-electron chi connectivity index (χ3n) is 7.50. The molecule has 1 unspecified atom stereocenters. The number of halogens is 1. The number of carboxylic acid groups (broad SMARTS) is 1. The van der Waals surface area contributed by atoms with Gasteiger partial charge in [-0.3, -0.25) is 0 Å². The summed E-state index contributed by atoms with van der Waals surface area (Å²) in [4.78, 5) is 24.6. The number of esters is 1. The van der Waals surface area contributed by atoms with E-state index in [1.165, 1.54) is 34.8 Å². The fourth-order valence-corrected chi connectivity index (χ4v) is 7.20. The van der Waals surface area contributed by atoms with Gasteiger partial charge in [0.05, 0.1) is 23.8 Å². The van der Waals surface area contributed by atoms with E-state index < -0.39 is 17.5 Å². The highest BCUT2D eigenvalue weighted by molar-refractivity contribution is 8.93. The van der Waals surface area contributed by atoms with E-state index in [0.29, 0.717) is 34.0 Å². The number of fused-ring (bicyclic) bond motifs is 5. The molecule has 3 aromatic rings. The average molecular weight is 630 g/mol. The van der Waals surface area contributed by atoms with Crippen LogP contribution in [0.1, 0.15) is 33.0 Å². The van der Waals surface area contributed by atoms with Crippen molar-refractivity contribution < 1.29 is 44.3 Å². The monoisotopic (exact) mass is 628 g/mol. The van der Waals surface area contributed by atoms with Crippen LogP contribution in [0.15, 0.2) is 59.3 Å². The first-order valence-electron chi connectivity index (χ1n) is 11.7. The number of quaternary nitrogens is 1. The summed E-state index contributed by atoms with van der Waals surface area (Å²) in [5.41, 5.74) is -1.79. The molecule has 0 aliphatic carbocycles. The van der Waals surface area contributed by atoms with Gasteiger partial charge < -0.3 is 34.8 Å². The Kier molecular flexibility index (Phi) is 9.09. The molecule has 3 saturated heterocycles. The minimum atomic E-state index is -1.72. The van der Waals surface area contributed by atoms with Gasteiger partial charge >= 0.3 is 11.9 Å². The van der Waals surface area contributed by atoms with Crippen LogP contribution in [-0.4, -0.2) is 81.7 Å². The lowest BCUT2D eigenvalue weighted by atomic mass is 9.95. The van der Waals surface area contributed by atoms with E-state index in [1.54, 1.807) is 24.3 Å². The average Bonchev–Trinajstić information content (AvgIpc) is 3.18. The van der Waals surface area contributed by atoms with Crippen LogP contribution in [0.5, 0.6) is 5.75 Å². The van der Waals surface area contributed by atoms with E-state index in [4.69, 9.17) is 19.7 Å². The van der Waals surface area contributed by atoms with Gasteiger partial charge in [0.1, 0.15) is 41.7 Å². The molecule has 3 aliphatic rings. The summed E-state index contributed by atoms with van der Waals surface area (Å²) in [7, 11) is 4.49. The number of epoxide rings is 1. The number of rotatable bonds is 5. The van der Waals surface area contributed by atoms with Crippen LogP contribution >= 0.6 is 39.7 Å². The SMILES string of the molecule is Br.C[N+]1(C)[C@@H]2CC(OC(=O)C(O)(c3cccs3)c3cccs3)C[C@H]1[C@@H]1O[C@@H]12.O.O=C(O)c1ccccc1O. The number of ether oxygens (including phenoxy) is 2. The van der Waals surface area contributed by atoms with E-state index >= 15 is 0 Å². The molecule has 3 aliphatic heterocycles. The number of piperidine rings is 1. The number of hydrogen-bond donors (Lipinski definition) is 3. The summed E-state index contributed by atoms with van der Waals surface area (Å²) in [5.74, 6) is -1.87. The smallest absolute Gasteiger partial charge is 0.349 e. The third kappa shape index (κ3) is 5.26. The molecule has 0 spiro atoms. The Balaban J connectivity index is 0.000000286. The van der Waals surface area contributed by atoms with Crippen molar-refractivity contribution in [2.75, 3.05) is 14.1 Å². The Morgan fingerprint density at radius 1 is 0.974 bits per heavy atom. The Hall–Kier alpha value is -2.32. The molecule has 1 aromatic carbocycles. The Morgan fingerprint density at radius 2 is 1.50 bits per heavy atom. The summed E-state index contributed by atoms with van der Waals surface area (Å²) in [5, 5.41) is 32.4. The van der Waals surface area contributed by atoms with Crippen LogP contribution in [0.3, 0.4) is 0 Å². The van der Waals surface area contributed by atoms with Crippen molar-refractivity contribution in [1.29, 1.82) is 0 Å². The van der Waals surface area contributed by atoms with Crippen LogP contribution < -0.4 is 0 Å². The molecule has 206 valence electrons. The van der Waals surface area contributed by atoms with Crippen LogP contribution in [0.4, 0.5) is 0 Å². The molecule has 0 amide bonds. The molecule has 5 heterocycles. The number of benzene rings is 1.